The van der Waals surface area contributed by atoms with Gasteiger partial charge >= 0.3 is 0 Å². The number of pyridine rings is 1. The molecule has 24 heavy (non-hydrogen) atoms. The number of nitrogens with one attached hydrogen (secondary N) is 2. The molecule has 120 valence electrons. The summed E-state index contributed by atoms with van der Waals surface area (Å²) >= 11 is 0. The van der Waals surface area contributed by atoms with Crippen molar-refractivity contribution in [3.8, 4) is 5.75 Å². The van der Waals surface area contributed by atoms with Gasteiger partial charge in [-0.2, -0.15) is 0 Å². The molecule has 3 heterocycles. The van der Waals surface area contributed by atoms with Crippen LogP contribution < -0.4 is 15.4 Å². The molecule has 0 atom stereocenters. The van der Waals surface area contributed by atoms with Crippen molar-refractivity contribution < 1.29 is 14.3 Å². The quantitative estimate of drug-likeness (QED) is 0.745. The van der Waals surface area contributed by atoms with E-state index in [-0.39, 0.29) is 18.4 Å². The van der Waals surface area contributed by atoms with Gasteiger partial charge in [0, 0.05) is 25.0 Å². The van der Waals surface area contributed by atoms with Crippen molar-refractivity contribution in [3.63, 3.8) is 0 Å². The minimum absolute atomic E-state index is 0.0370. The van der Waals surface area contributed by atoms with Gasteiger partial charge < -0.3 is 19.9 Å². The van der Waals surface area contributed by atoms with E-state index in [9.17, 15) is 9.59 Å². The summed E-state index contributed by atoms with van der Waals surface area (Å²) in [5.41, 5.74) is 2.93. The molecule has 2 N–H and O–H groups in total. The predicted molar refractivity (Wildman–Crippen MR) is 87.0 cm³/mol. The first-order valence-corrected chi connectivity index (χ1v) is 7.25. The Morgan fingerprint density at radius 2 is 2.21 bits per heavy atom. The fourth-order valence-corrected chi connectivity index (χ4v) is 2.50. The third-order valence-electron chi connectivity index (χ3n) is 3.69. The first-order valence-electron chi connectivity index (χ1n) is 7.25. The lowest BCUT2D eigenvalue weighted by atomic mass is 10.2. The van der Waals surface area contributed by atoms with Gasteiger partial charge in [-0.15, -0.1) is 0 Å². The number of amides is 2. The predicted octanol–water partition coefficient (Wildman–Crippen LogP) is 1.55. The van der Waals surface area contributed by atoms with Gasteiger partial charge in [-0.1, -0.05) is 0 Å². The maximum Gasteiger partial charge on any atom is 0.262 e. The minimum atomic E-state index is -0.296. The molecule has 3 aromatic rings. The van der Waals surface area contributed by atoms with Crippen LogP contribution in [0.1, 0.15) is 10.4 Å². The van der Waals surface area contributed by atoms with E-state index in [0.29, 0.717) is 33.9 Å². The Hall–Kier alpha value is -3.42. The third-order valence-corrected chi connectivity index (χ3v) is 3.69. The van der Waals surface area contributed by atoms with Crippen LogP contribution in [0.15, 0.2) is 36.8 Å². The average molecular weight is 323 g/mol. The van der Waals surface area contributed by atoms with Gasteiger partial charge in [-0.25, -0.2) is 9.97 Å². The number of rotatable bonds is 2. The molecule has 2 amide bonds. The number of aromatic nitrogens is 3. The Kier molecular flexibility index (Phi) is 3.16. The van der Waals surface area contributed by atoms with Crippen molar-refractivity contribution in [1.82, 2.24) is 14.5 Å². The number of ether oxygens (including phenoxy) is 1. The Bertz CT molecular complexity index is 979. The number of aryl methyl sites for hydroxylation is 1. The SMILES string of the molecule is Cn1cnc2cc(C(=O)Nc3ccc4c(c3)OCC(=O)N4)cnc21. The van der Waals surface area contributed by atoms with Crippen molar-refractivity contribution in [2.45, 2.75) is 0 Å². The second kappa shape index (κ2) is 5.34. The van der Waals surface area contributed by atoms with E-state index in [2.05, 4.69) is 20.6 Å². The number of carbonyl (C=O) groups is 2. The molecule has 0 fully saturated rings. The Morgan fingerprint density at radius 1 is 1.33 bits per heavy atom. The van der Waals surface area contributed by atoms with Crippen molar-refractivity contribution in [3.05, 3.63) is 42.4 Å². The number of hydrogen-bond acceptors (Lipinski definition) is 5. The number of hydrogen-bond donors (Lipinski definition) is 2. The number of imidazole rings is 1. The van der Waals surface area contributed by atoms with E-state index in [1.54, 1.807) is 35.2 Å². The molecule has 1 aromatic carbocycles. The van der Waals surface area contributed by atoms with Crippen LogP contribution in [0, 0.1) is 0 Å². The maximum absolute atomic E-state index is 12.4. The van der Waals surface area contributed by atoms with Crippen LogP contribution in [0.2, 0.25) is 0 Å². The van der Waals surface area contributed by atoms with Gasteiger partial charge in [0.25, 0.3) is 11.8 Å². The van der Waals surface area contributed by atoms with Crippen LogP contribution in [-0.4, -0.2) is 33.0 Å². The Labute approximate surface area is 136 Å². The summed E-state index contributed by atoms with van der Waals surface area (Å²) in [5.74, 6) is 0.0228. The molecule has 0 radical (unpaired) electrons. The normalized spacial score (nSPS) is 13.1. The van der Waals surface area contributed by atoms with Crippen molar-refractivity contribution in [2.24, 2.45) is 7.05 Å². The van der Waals surface area contributed by atoms with Crippen LogP contribution in [0.3, 0.4) is 0 Å². The number of anilines is 2. The molecular weight excluding hydrogens is 310 g/mol. The molecule has 0 bridgehead atoms. The number of carbonyl (C=O) groups excluding carboxylic acids is 2. The molecule has 0 saturated heterocycles. The monoisotopic (exact) mass is 323 g/mol. The van der Waals surface area contributed by atoms with E-state index in [0.717, 1.165) is 0 Å². The summed E-state index contributed by atoms with van der Waals surface area (Å²) in [6.45, 7) is -0.0370. The molecule has 1 aliphatic rings. The number of benzene rings is 1. The van der Waals surface area contributed by atoms with Crippen LogP contribution >= 0.6 is 0 Å². The summed E-state index contributed by atoms with van der Waals surface area (Å²) in [4.78, 5) is 32.1. The summed E-state index contributed by atoms with van der Waals surface area (Å²) in [6, 6.07) is 6.73. The Balaban J connectivity index is 1.57. The smallest absolute Gasteiger partial charge is 0.262 e. The molecule has 0 saturated carbocycles. The molecule has 0 spiro atoms. The molecule has 1 aliphatic heterocycles. The minimum Gasteiger partial charge on any atom is -0.482 e. The van der Waals surface area contributed by atoms with Gasteiger partial charge in [0.05, 0.1) is 17.6 Å². The molecular formula is C16H13N5O3. The molecule has 0 unspecified atom stereocenters. The van der Waals surface area contributed by atoms with Crippen LogP contribution in [0.5, 0.6) is 5.75 Å². The van der Waals surface area contributed by atoms with Crippen LogP contribution in [0.4, 0.5) is 11.4 Å². The summed E-state index contributed by atoms with van der Waals surface area (Å²) < 4.78 is 7.12. The highest BCUT2D eigenvalue weighted by molar-refractivity contribution is 6.06. The number of nitrogens with zero attached hydrogens (tertiary/aromatic N) is 3. The molecule has 8 nitrogen and oxygen atoms in total. The third kappa shape index (κ3) is 2.43. The lowest BCUT2D eigenvalue weighted by Crippen LogP contribution is -2.25. The second-order valence-electron chi connectivity index (χ2n) is 5.42. The summed E-state index contributed by atoms with van der Waals surface area (Å²) in [6.07, 6.45) is 3.16. The first-order chi connectivity index (χ1) is 11.6. The Morgan fingerprint density at radius 3 is 3.08 bits per heavy atom. The van der Waals surface area contributed by atoms with Crippen molar-refractivity contribution in [2.75, 3.05) is 17.2 Å². The summed E-state index contributed by atoms with van der Waals surface area (Å²) in [7, 11) is 1.84. The number of fused-ring (bicyclic) bond motifs is 2. The fourth-order valence-electron chi connectivity index (χ4n) is 2.50. The van der Waals surface area contributed by atoms with Gasteiger partial charge in [0.15, 0.2) is 12.3 Å². The largest absolute Gasteiger partial charge is 0.482 e. The van der Waals surface area contributed by atoms with Crippen molar-refractivity contribution >= 4 is 34.4 Å². The second-order valence-corrected chi connectivity index (χ2v) is 5.42. The highest BCUT2D eigenvalue weighted by atomic mass is 16.5. The van der Waals surface area contributed by atoms with Gasteiger partial charge in [-0.05, 0) is 18.2 Å². The molecule has 0 aliphatic carbocycles. The molecule has 2 aromatic heterocycles. The summed E-state index contributed by atoms with van der Waals surface area (Å²) in [5, 5.41) is 5.48. The zero-order valence-corrected chi connectivity index (χ0v) is 12.7. The topological polar surface area (TPSA) is 98.1 Å². The van der Waals surface area contributed by atoms with E-state index >= 15 is 0 Å². The van der Waals surface area contributed by atoms with Crippen LogP contribution in [-0.2, 0) is 11.8 Å². The maximum atomic E-state index is 12.4. The highest BCUT2D eigenvalue weighted by Crippen LogP contribution is 2.30. The first kappa shape index (κ1) is 14.2. The zero-order valence-electron chi connectivity index (χ0n) is 12.7. The molecule has 4 rings (SSSR count). The zero-order chi connectivity index (χ0) is 16.7. The molecule has 8 heteroatoms. The van der Waals surface area contributed by atoms with Crippen molar-refractivity contribution in [1.29, 1.82) is 0 Å². The van der Waals surface area contributed by atoms with Crippen LogP contribution in [0.25, 0.3) is 11.2 Å². The lowest BCUT2D eigenvalue weighted by Gasteiger charge is -2.18. The van der Waals surface area contributed by atoms with Gasteiger partial charge in [0.1, 0.15) is 11.3 Å². The van der Waals surface area contributed by atoms with E-state index in [1.807, 2.05) is 7.05 Å². The van der Waals surface area contributed by atoms with E-state index in [4.69, 9.17) is 4.74 Å². The average Bonchev–Trinajstić information content (AvgIpc) is 2.95. The van der Waals surface area contributed by atoms with E-state index in [1.165, 1.54) is 6.20 Å². The fraction of sp³-hybridized carbons (Fsp3) is 0.125. The highest BCUT2D eigenvalue weighted by Gasteiger charge is 2.17. The van der Waals surface area contributed by atoms with Gasteiger partial charge in [-0.3, -0.25) is 9.59 Å². The lowest BCUT2D eigenvalue weighted by molar-refractivity contribution is -0.118. The standard InChI is InChI=1S/C16H13N5O3/c1-21-8-18-12-4-9(6-17-15(12)21)16(23)19-10-2-3-11-13(5-10)24-7-14(22)20-11/h2-6,8H,7H2,1H3,(H,19,23)(H,20,22). The van der Waals surface area contributed by atoms with Gasteiger partial charge in [0.2, 0.25) is 0 Å². The van der Waals surface area contributed by atoms with E-state index < -0.39 is 0 Å².